The Morgan fingerprint density at radius 2 is 0.745 bits per heavy atom. The summed E-state index contributed by atoms with van der Waals surface area (Å²) < 4.78 is 45.3. The molecule has 47 heavy (non-hydrogen) atoms. The van der Waals surface area contributed by atoms with Crippen LogP contribution in [0.1, 0.15) is 43.9 Å². The highest BCUT2D eigenvalue weighted by molar-refractivity contribution is 5.69. The lowest BCUT2D eigenvalue weighted by atomic mass is 9.80. The van der Waals surface area contributed by atoms with Crippen molar-refractivity contribution in [2.75, 3.05) is 85.9 Å². The van der Waals surface area contributed by atoms with Crippen molar-refractivity contribution in [1.29, 1.82) is 0 Å². The maximum absolute atomic E-state index is 11.6. The van der Waals surface area contributed by atoms with Crippen LogP contribution in [-0.2, 0) is 48.3 Å². The number of benzene rings is 3. The quantitative estimate of drug-likeness (QED) is 0.0638. The molecule has 9 nitrogen and oxygen atoms in total. The van der Waals surface area contributed by atoms with Gasteiger partial charge >= 0.3 is 5.97 Å². The van der Waals surface area contributed by atoms with Crippen LogP contribution in [0.4, 0.5) is 0 Å². The summed E-state index contributed by atoms with van der Waals surface area (Å²) in [6.07, 6.45) is 0.232. The molecule has 0 heterocycles. The number of ether oxygens (including phenoxy) is 8. The van der Waals surface area contributed by atoms with Gasteiger partial charge in [0.2, 0.25) is 0 Å². The van der Waals surface area contributed by atoms with Crippen molar-refractivity contribution in [3.8, 4) is 0 Å². The second-order valence-electron chi connectivity index (χ2n) is 11.6. The van der Waals surface area contributed by atoms with E-state index in [9.17, 15) is 4.79 Å². The number of carbonyl (C=O) groups excluding carboxylic acids is 1. The van der Waals surface area contributed by atoms with Gasteiger partial charge in [0.1, 0.15) is 11.2 Å². The minimum absolute atomic E-state index is 0.232. The van der Waals surface area contributed by atoms with Crippen molar-refractivity contribution in [3.63, 3.8) is 0 Å². The molecule has 258 valence electrons. The zero-order valence-electron chi connectivity index (χ0n) is 28.2. The largest absolute Gasteiger partial charge is 0.460 e. The van der Waals surface area contributed by atoms with Crippen molar-refractivity contribution in [3.05, 3.63) is 108 Å². The number of hydrogen-bond donors (Lipinski definition) is 0. The standard InChI is InChI=1S/C38H52O9/c1-37(2,3)47-36(39)19-20-40-21-22-41-23-24-42-25-26-43-27-28-44-29-30-45-31-32-46-38(33-13-7-4-8-14-33,34-15-9-5-10-16-34)35-17-11-6-12-18-35/h4-18H,19-32H2,1-3H3. The van der Waals surface area contributed by atoms with E-state index in [1.165, 1.54) is 0 Å². The zero-order chi connectivity index (χ0) is 33.5. The molecule has 0 atom stereocenters. The Kier molecular flexibility index (Phi) is 18.3. The van der Waals surface area contributed by atoms with Crippen LogP contribution in [0.15, 0.2) is 91.0 Å². The highest BCUT2D eigenvalue weighted by Gasteiger charge is 2.37. The Hall–Kier alpha value is -3.15. The van der Waals surface area contributed by atoms with E-state index in [0.29, 0.717) is 85.9 Å². The fourth-order valence-corrected chi connectivity index (χ4v) is 4.77. The van der Waals surface area contributed by atoms with Crippen molar-refractivity contribution < 1.29 is 42.7 Å². The molecule has 0 bridgehead atoms. The summed E-state index contributed by atoms with van der Waals surface area (Å²) in [5, 5.41) is 0. The molecular formula is C38H52O9. The van der Waals surface area contributed by atoms with E-state index in [1.807, 2.05) is 75.4 Å². The molecule has 3 aromatic carbocycles. The first-order valence-corrected chi connectivity index (χ1v) is 16.4. The van der Waals surface area contributed by atoms with Crippen LogP contribution in [0.2, 0.25) is 0 Å². The van der Waals surface area contributed by atoms with Crippen molar-refractivity contribution in [1.82, 2.24) is 0 Å². The lowest BCUT2D eigenvalue weighted by molar-refractivity contribution is -0.156. The van der Waals surface area contributed by atoms with Crippen LogP contribution >= 0.6 is 0 Å². The van der Waals surface area contributed by atoms with Gasteiger partial charge in [-0.05, 0) is 37.5 Å². The predicted octanol–water partition coefficient (Wildman–Crippen LogP) is 5.83. The van der Waals surface area contributed by atoms with Crippen LogP contribution in [0.25, 0.3) is 0 Å². The molecule has 0 radical (unpaired) electrons. The minimum Gasteiger partial charge on any atom is -0.460 e. The Morgan fingerprint density at radius 3 is 1.06 bits per heavy atom. The topological polar surface area (TPSA) is 90.9 Å². The monoisotopic (exact) mass is 652 g/mol. The third kappa shape index (κ3) is 15.1. The van der Waals surface area contributed by atoms with Crippen LogP contribution < -0.4 is 0 Å². The molecule has 0 aromatic heterocycles. The van der Waals surface area contributed by atoms with Crippen LogP contribution in [-0.4, -0.2) is 97.5 Å². The highest BCUT2D eigenvalue weighted by Crippen LogP contribution is 2.40. The summed E-state index contributed by atoms with van der Waals surface area (Å²) >= 11 is 0. The van der Waals surface area contributed by atoms with E-state index in [-0.39, 0.29) is 12.4 Å². The fourth-order valence-electron chi connectivity index (χ4n) is 4.77. The molecule has 0 amide bonds. The summed E-state index contributed by atoms with van der Waals surface area (Å²) in [6, 6.07) is 30.9. The van der Waals surface area contributed by atoms with Gasteiger partial charge < -0.3 is 37.9 Å². The molecule has 0 N–H and O–H groups in total. The smallest absolute Gasteiger partial charge is 0.308 e. The summed E-state index contributed by atoms with van der Waals surface area (Å²) in [7, 11) is 0. The molecule has 9 heteroatoms. The van der Waals surface area contributed by atoms with Crippen LogP contribution in [0.5, 0.6) is 0 Å². The SMILES string of the molecule is CC(C)(C)OC(=O)CCOCCOCCOCCOCCOCCOCCOC(c1ccccc1)(c1ccccc1)c1ccccc1. The molecule has 0 aliphatic heterocycles. The number of hydrogen-bond acceptors (Lipinski definition) is 9. The lowest BCUT2D eigenvalue weighted by Gasteiger charge is -2.36. The third-order valence-electron chi connectivity index (χ3n) is 6.82. The van der Waals surface area contributed by atoms with Gasteiger partial charge in [0.25, 0.3) is 0 Å². The predicted molar refractivity (Wildman–Crippen MR) is 181 cm³/mol. The third-order valence-corrected chi connectivity index (χ3v) is 6.82. The maximum Gasteiger partial charge on any atom is 0.308 e. The van der Waals surface area contributed by atoms with Gasteiger partial charge in [-0.3, -0.25) is 4.79 Å². The average Bonchev–Trinajstić information content (AvgIpc) is 3.07. The summed E-state index contributed by atoms with van der Waals surface area (Å²) in [6.45, 7) is 11.4. The van der Waals surface area contributed by atoms with E-state index in [0.717, 1.165) is 16.7 Å². The van der Waals surface area contributed by atoms with Gasteiger partial charge in [0, 0.05) is 0 Å². The van der Waals surface area contributed by atoms with Gasteiger partial charge in [-0.15, -0.1) is 0 Å². The zero-order valence-corrected chi connectivity index (χ0v) is 28.2. The Morgan fingerprint density at radius 1 is 0.447 bits per heavy atom. The number of carbonyl (C=O) groups is 1. The highest BCUT2D eigenvalue weighted by atomic mass is 16.6. The lowest BCUT2D eigenvalue weighted by Crippen LogP contribution is -2.34. The van der Waals surface area contributed by atoms with Gasteiger partial charge in [0.15, 0.2) is 0 Å². The minimum atomic E-state index is -0.752. The van der Waals surface area contributed by atoms with Gasteiger partial charge in [-0.25, -0.2) is 0 Å². The maximum atomic E-state index is 11.6. The first kappa shape index (κ1) is 38.3. The molecule has 3 rings (SSSR count). The summed E-state index contributed by atoms with van der Waals surface area (Å²) in [4.78, 5) is 11.6. The molecule has 3 aromatic rings. The van der Waals surface area contributed by atoms with Crippen molar-refractivity contribution >= 4 is 5.97 Å². The normalized spacial score (nSPS) is 11.9. The molecule has 0 saturated heterocycles. The molecule has 0 unspecified atom stereocenters. The first-order valence-electron chi connectivity index (χ1n) is 16.4. The second-order valence-corrected chi connectivity index (χ2v) is 11.6. The van der Waals surface area contributed by atoms with E-state index in [4.69, 9.17) is 37.9 Å². The first-order chi connectivity index (χ1) is 22.9. The molecule has 0 saturated carbocycles. The molecule has 0 aliphatic carbocycles. The van der Waals surface area contributed by atoms with E-state index < -0.39 is 11.2 Å². The van der Waals surface area contributed by atoms with Crippen molar-refractivity contribution in [2.45, 2.75) is 38.4 Å². The molecule has 0 aliphatic rings. The van der Waals surface area contributed by atoms with E-state index in [2.05, 4.69) is 36.4 Å². The van der Waals surface area contributed by atoms with Gasteiger partial charge in [-0.2, -0.15) is 0 Å². The van der Waals surface area contributed by atoms with Crippen molar-refractivity contribution in [2.24, 2.45) is 0 Å². The van der Waals surface area contributed by atoms with Gasteiger partial charge in [0.05, 0.1) is 92.3 Å². The average molecular weight is 653 g/mol. The Labute approximate surface area is 280 Å². The number of rotatable bonds is 25. The molecule has 0 spiro atoms. The van der Waals surface area contributed by atoms with E-state index in [1.54, 1.807) is 0 Å². The summed E-state index contributed by atoms with van der Waals surface area (Å²) in [5.41, 5.74) is 1.97. The van der Waals surface area contributed by atoms with Crippen LogP contribution in [0, 0.1) is 0 Å². The molecular weight excluding hydrogens is 600 g/mol. The Balaban J connectivity index is 1.18. The summed E-state index contributed by atoms with van der Waals surface area (Å²) in [5.74, 6) is -0.263. The van der Waals surface area contributed by atoms with Crippen LogP contribution in [0.3, 0.4) is 0 Å². The fraction of sp³-hybridized carbons (Fsp3) is 0.500. The molecule has 0 fully saturated rings. The van der Waals surface area contributed by atoms with E-state index >= 15 is 0 Å². The second kappa shape index (κ2) is 22.4. The Bertz CT molecular complexity index is 1100. The number of esters is 1. The van der Waals surface area contributed by atoms with Gasteiger partial charge in [-0.1, -0.05) is 91.0 Å².